The number of anilines is 1. The molecule has 0 saturated carbocycles. The van der Waals surface area contributed by atoms with Gasteiger partial charge in [0.1, 0.15) is 18.4 Å². The molecule has 2 fully saturated rings. The first kappa shape index (κ1) is 39.8. The van der Waals surface area contributed by atoms with Gasteiger partial charge in [-0.15, -0.1) is 0 Å². The summed E-state index contributed by atoms with van der Waals surface area (Å²) in [6, 6.07) is 23.0. The Labute approximate surface area is 331 Å². The summed E-state index contributed by atoms with van der Waals surface area (Å²) in [6.07, 6.45) is -4.46. The number of alkyl halides is 3. The van der Waals surface area contributed by atoms with E-state index >= 15 is 0 Å². The van der Waals surface area contributed by atoms with Crippen molar-refractivity contribution in [1.29, 1.82) is 0 Å². The van der Waals surface area contributed by atoms with E-state index in [0.29, 0.717) is 31.0 Å². The normalized spacial score (nSPS) is 17.6. The monoisotopic (exact) mass is 795 g/mol. The minimum absolute atomic E-state index is 0. The third kappa shape index (κ3) is 8.06. The number of imidazole rings is 1. The van der Waals surface area contributed by atoms with Crippen LogP contribution in [0.3, 0.4) is 0 Å². The van der Waals surface area contributed by atoms with Crippen LogP contribution in [0.5, 0.6) is 5.75 Å². The van der Waals surface area contributed by atoms with Crippen LogP contribution in [0.4, 0.5) is 19.1 Å². The number of fused-ring (bicyclic) bond motifs is 2. The average molecular weight is 796 g/mol. The lowest BCUT2D eigenvalue weighted by Crippen LogP contribution is -2.54. The van der Waals surface area contributed by atoms with Gasteiger partial charge in [-0.3, -0.25) is 53.9 Å². The van der Waals surface area contributed by atoms with Gasteiger partial charge < -0.3 is 4.74 Å². The fourth-order valence-electron chi connectivity index (χ4n) is 7.42. The Balaban J connectivity index is 0.00000512. The Morgan fingerprint density at radius 3 is 2.33 bits per heavy atom. The maximum Gasteiger partial charge on any atom is 0.416 e. The fourth-order valence-corrected chi connectivity index (χ4v) is 7.42. The molecular formula is C42H40F3N7O6. The number of ether oxygens (including phenoxy) is 1. The van der Waals surface area contributed by atoms with Gasteiger partial charge in [-0.2, -0.15) is 13.2 Å². The largest absolute Gasteiger partial charge is 0.492 e. The zero-order chi connectivity index (χ0) is 39.8. The number of imide groups is 2. The van der Waals surface area contributed by atoms with E-state index < -0.39 is 47.3 Å². The number of nitrogens with zero attached hydrogens (tertiary/aromatic N) is 5. The number of para-hydroxylation sites is 1. The van der Waals surface area contributed by atoms with Gasteiger partial charge in [-0.25, -0.2) is 4.98 Å². The number of piperidine rings is 1. The molecule has 16 heteroatoms. The lowest BCUT2D eigenvalue weighted by Gasteiger charge is -2.34. The minimum Gasteiger partial charge on any atom is -0.492 e. The molecule has 8 rings (SSSR count). The number of rotatable bonds is 10. The number of halogens is 3. The van der Waals surface area contributed by atoms with Crippen LogP contribution in [-0.4, -0.2) is 99.2 Å². The van der Waals surface area contributed by atoms with E-state index in [-0.39, 0.29) is 42.9 Å². The van der Waals surface area contributed by atoms with Crippen molar-refractivity contribution in [3.63, 3.8) is 0 Å². The second-order valence-electron chi connectivity index (χ2n) is 14.1. The Kier molecular flexibility index (Phi) is 11.1. The van der Waals surface area contributed by atoms with E-state index in [9.17, 15) is 37.1 Å². The van der Waals surface area contributed by atoms with E-state index in [0.717, 1.165) is 60.0 Å². The van der Waals surface area contributed by atoms with Gasteiger partial charge in [-0.05, 0) is 72.6 Å². The van der Waals surface area contributed by atoms with Crippen molar-refractivity contribution in [2.24, 2.45) is 0 Å². The van der Waals surface area contributed by atoms with Crippen molar-refractivity contribution >= 4 is 46.5 Å². The molecule has 1 unspecified atom stereocenters. The molecule has 3 aliphatic rings. The van der Waals surface area contributed by atoms with Crippen molar-refractivity contribution in [3.8, 4) is 11.4 Å². The smallest absolute Gasteiger partial charge is 0.416 e. The van der Waals surface area contributed by atoms with Gasteiger partial charge >= 0.3 is 6.18 Å². The topological polar surface area (TPSA) is 146 Å². The highest BCUT2D eigenvalue weighted by Crippen LogP contribution is 2.32. The van der Waals surface area contributed by atoms with Crippen molar-refractivity contribution in [2.75, 3.05) is 44.6 Å². The van der Waals surface area contributed by atoms with Crippen LogP contribution in [0, 0.1) is 0 Å². The highest BCUT2D eigenvalue weighted by Gasteiger charge is 2.44. The molecule has 13 nitrogen and oxygen atoms in total. The lowest BCUT2D eigenvalue weighted by atomic mass is 10.0. The summed E-state index contributed by atoms with van der Waals surface area (Å²) < 4.78 is 47.8. The molecule has 2 N–H and O–H groups in total. The van der Waals surface area contributed by atoms with E-state index in [1.54, 1.807) is 10.6 Å². The third-order valence-corrected chi connectivity index (χ3v) is 10.4. The predicted octanol–water partition coefficient (Wildman–Crippen LogP) is 5.53. The predicted molar refractivity (Wildman–Crippen MR) is 208 cm³/mol. The summed E-state index contributed by atoms with van der Waals surface area (Å²) in [6.45, 7) is 4.81. The van der Waals surface area contributed by atoms with Crippen molar-refractivity contribution in [2.45, 2.75) is 39.0 Å². The van der Waals surface area contributed by atoms with Crippen molar-refractivity contribution in [3.05, 3.63) is 119 Å². The maximum atomic E-state index is 13.3. The van der Waals surface area contributed by atoms with Crippen LogP contribution in [0.15, 0.2) is 91.0 Å². The number of carbonyl (C=O) groups is 5. The molecule has 5 amide bonds. The van der Waals surface area contributed by atoms with Gasteiger partial charge in [0.2, 0.25) is 17.8 Å². The number of piperazine rings is 1. The van der Waals surface area contributed by atoms with Gasteiger partial charge in [0.25, 0.3) is 17.7 Å². The molecule has 1 atom stereocenters. The molecule has 0 aliphatic carbocycles. The van der Waals surface area contributed by atoms with E-state index in [1.807, 2.05) is 48.5 Å². The maximum absolute atomic E-state index is 13.3. The van der Waals surface area contributed by atoms with Crippen molar-refractivity contribution < 1.29 is 41.9 Å². The molecule has 0 bridgehead atoms. The highest BCUT2D eigenvalue weighted by atomic mass is 19.4. The average Bonchev–Trinajstić information content (AvgIpc) is 3.67. The SMILES string of the molecule is C.O=C1CCC(N2C(=O)c3ccc(OCCN4CCN(Cc5ccc6c(c5)nc(NC(=O)c5cccc(C(F)(F)F)c5)n6-c5ccccc5)CC4)cc3C2=O)C(=O)N1. The molecule has 0 radical (unpaired) electrons. The van der Waals surface area contributed by atoms with Crippen LogP contribution < -0.4 is 15.4 Å². The molecule has 4 heterocycles. The number of amides is 5. The Hall–Kier alpha value is -6.39. The lowest BCUT2D eigenvalue weighted by molar-refractivity contribution is -0.138. The van der Waals surface area contributed by atoms with E-state index in [1.165, 1.54) is 24.3 Å². The number of aromatic nitrogens is 2. The molecule has 58 heavy (non-hydrogen) atoms. The summed E-state index contributed by atoms with van der Waals surface area (Å²) in [4.78, 5) is 73.5. The number of nitrogens with one attached hydrogen (secondary N) is 2. The standard InChI is InChI=1S/C41H36F3N7O6.CH4/c42-41(43,44)27-6-4-5-26(22-27)36(53)47-40-45-32-21-25(9-12-33(32)50(40)28-7-2-1-3-8-28)24-49-17-15-48(16-18-49)19-20-57-29-10-11-30-31(23-29)39(56)51(38(30)55)34-13-14-35(52)46-37(34)54;/h1-12,21-23,34H,13-20,24H2,(H,45,47,53)(H,46,52,54);1H4. The summed E-state index contributed by atoms with van der Waals surface area (Å²) >= 11 is 0. The molecule has 2 saturated heterocycles. The minimum atomic E-state index is -4.59. The van der Waals surface area contributed by atoms with Gasteiger partial charge in [-0.1, -0.05) is 37.8 Å². The Morgan fingerprint density at radius 1 is 0.845 bits per heavy atom. The quantitative estimate of drug-likeness (QED) is 0.174. The Morgan fingerprint density at radius 2 is 1.59 bits per heavy atom. The van der Waals surface area contributed by atoms with Crippen LogP contribution in [-0.2, 0) is 22.3 Å². The van der Waals surface area contributed by atoms with Crippen LogP contribution >= 0.6 is 0 Å². The van der Waals surface area contributed by atoms with Gasteiger partial charge in [0.15, 0.2) is 0 Å². The first-order valence-electron chi connectivity index (χ1n) is 18.4. The molecule has 300 valence electrons. The number of carbonyl (C=O) groups excluding carboxylic acids is 5. The summed E-state index contributed by atoms with van der Waals surface area (Å²) in [5.74, 6) is -2.35. The molecule has 0 spiro atoms. The summed E-state index contributed by atoms with van der Waals surface area (Å²) in [5.41, 5.74) is 2.38. The first-order chi connectivity index (χ1) is 27.4. The zero-order valence-electron chi connectivity index (χ0n) is 30.4. The third-order valence-electron chi connectivity index (χ3n) is 10.4. The summed E-state index contributed by atoms with van der Waals surface area (Å²) in [7, 11) is 0. The van der Waals surface area contributed by atoms with Gasteiger partial charge in [0, 0.05) is 56.9 Å². The van der Waals surface area contributed by atoms with E-state index in [4.69, 9.17) is 9.72 Å². The van der Waals surface area contributed by atoms with Gasteiger partial charge in [0.05, 0.1) is 27.7 Å². The second-order valence-corrected chi connectivity index (χ2v) is 14.1. The highest BCUT2D eigenvalue weighted by molar-refractivity contribution is 6.23. The first-order valence-corrected chi connectivity index (χ1v) is 18.4. The van der Waals surface area contributed by atoms with E-state index in [2.05, 4.69) is 20.4 Å². The zero-order valence-corrected chi connectivity index (χ0v) is 30.4. The molecule has 3 aliphatic heterocycles. The molecule has 4 aromatic carbocycles. The Bertz CT molecular complexity index is 2410. The van der Waals surface area contributed by atoms with Crippen LogP contribution in [0.2, 0.25) is 0 Å². The van der Waals surface area contributed by atoms with Crippen LogP contribution in [0.1, 0.15) is 62.5 Å². The summed E-state index contributed by atoms with van der Waals surface area (Å²) in [5, 5.41) is 4.92. The number of benzene rings is 4. The second kappa shape index (κ2) is 16.2. The fraction of sp³-hybridized carbons (Fsp3) is 0.286. The molecule has 5 aromatic rings. The number of hydrogen-bond acceptors (Lipinski definition) is 9. The molecular weight excluding hydrogens is 755 g/mol. The number of hydrogen-bond donors (Lipinski definition) is 2. The van der Waals surface area contributed by atoms with Crippen LogP contribution in [0.25, 0.3) is 16.7 Å². The van der Waals surface area contributed by atoms with Crippen molar-refractivity contribution in [1.82, 2.24) is 29.6 Å². The molecule has 1 aromatic heterocycles.